The third-order valence-electron chi connectivity index (χ3n) is 4.21. The van der Waals surface area contributed by atoms with Gasteiger partial charge >= 0.3 is 6.01 Å². The number of piperidine rings is 1. The van der Waals surface area contributed by atoms with Crippen LogP contribution in [0.5, 0.6) is 11.8 Å². The Hall–Kier alpha value is -2.43. The highest BCUT2D eigenvalue weighted by atomic mass is 16.5. The molecule has 5 nitrogen and oxygen atoms in total. The van der Waals surface area contributed by atoms with Gasteiger partial charge in [-0.3, -0.25) is 4.79 Å². The molecule has 1 aromatic carbocycles. The smallest absolute Gasteiger partial charge is 0.321 e. The van der Waals surface area contributed by atoms with E-state index >= 15 is 0 Å². The number of hydrogen-bond acceptors (Lipinski definition) is 4. The largest absolute Gasteiger partial charge is 0.424 e. The summed E-state index contributed by atoms with van der Waals surface area (Å²) in [6, 6.07) is 9.59. The van der Waals surface area contributed by atoms with Crippen molar-refractivity contribution < 1.29 is 9.53 Å². The van der Waals surface area contributed by atoms with E-state index in [-0.39, 0.29) is 5.91 Å². The Morgan fingerprint density at radius 2 is 1.96 bits per heavy atom. The number of amides is 1. The molecule has 1 aliphatic rings. The van der Waals surface area contributed by atoms with E-state index in [2.05, 4.69) is 16.9 Å². The predicted octanol–water partition coefficient (Wildman–Crippen LogP) is 3.67. The van der Waals surface area contributed by atoms with Gasteiger partial charge in [0.15, 0.2) is 0 Å². The van der Waals surface area contributed by atoms with E-state index in [9.17, 15) is 4.79 Å². The molecule has 2 aromatic rings. The zero-order valence-electron chi connectivity index (χ0n) is 13.3. The Balaban J connectivity index is 1.70. The number of benzene rings is 1. The molecule has 0 bridgehead atoms. The molecule has 23 heavy (non-hydrogen) atoms. The lowest BCUT2D eigenvalue weighted by Gasteiger charge is -2.35. The molecule has 1 saturated heterocycles. The molecule has 1 aliphatic heterocycles. The molecule has 0 radical (unpaired) electrons. The Labute approximate surface area is 136 Å². The molecule has 1 atom stereocenters. The van der Waals surface area contributed by atoms with Crippen molar-refractivity contribution in [3.63, 3.8) is 0 Å². The second-order valence-electron chi connectivity index (χ2n) is 5.71. The van der Waals surface area contributed by atoms with Crippen LogP contribution in [-0.2, 0) is 0 Å². The van der Waals surface area contributed by atoms with Crippen LogP contribution in [0.3, 0.4) is 0 Å². The summed E-state index contributed by atoms with van der Waals surface area (Å²) >= 11 is 0. The summed E-state index contributed by atoms with van der Waals surface area (Å²) in [6.07, 6.45) is 7.68. The standard InChI is InChI=1S/C18H21N3O2/c1-2-15-6-3-4-13-21(15)17(22)14-7-9-16(10-8-14)23-18-19-11-5-12-20-18/h5,7-12,15H,2-4,6,13H2,1H3/t15-/m1/s1. The van der Waals surface area contributed by atoms with Crippen molar-refractivity contribution in [2.45, 2.75) is 38.6 Å². The summed E-state index contributed by atoms with van der Waals surface area (Å²) in [5.74, 6) is 0.734. The maximum atomic E-state index is 12.7. The van der Waals surface area contributed by atoms with Gasteiger partial charge in [0.1, 0.15) is 5.75 Å². The first-order valence-electron chi connectivity index (χ1n) is 8.14. The minimum Gasteiger partial charge on any atom is -0.424 e. The van der Waals surface area contributed by atoms with Crippen LogP contribution in [-0.4, -0.2) is 33.4 Å². The van der Waals surface area contributed by atoms with Crippen LogP contribution < -0.4 is 4.74 Å². The lowest BCUT2D eigenvalue weighted by molar-refractivity contribution is 0.0608. The third-order valence-corrected chi connectivity index (χ3v) is 4.21. The van der Waals surface area contributed by atoms with Crippen LogP contribution >= 0.6 is 0 Å². The highest BCUT2D eigenvalue weighted by molar-refractivity contribution is 5.94. The van der Waals surface area contributed by atoms with Crippen LogP contribution in [0.1, 0.15) is 43.0 Å². The summed E-state index contributed by atoms with van der Waals surface area (Å²) in [6.45, 7) is 3.00. The van der Waals surface area contributed by atoms with Crippen LogP contribution in [0.2, 0.25) is 0 Å². The number of aromatic nitrogens is 2. The topological polar surface area (TPSA) is 55.3 Å². The van der Waals surface area contributed by atoms with Crippen LogP contribution in [0.25, 0.3) is 0 Å². The van der Waals surface area contributed by atoms with Gasteiger partial charge in [0.25, 0.3) is 5.91 Å². The van der Waals surface area contributed by atoms with Gasteiger partial charge < -0.3 is 9.64 Å². The summed E-state index contributed by atoms with van der Waals surface area (Å²) < 4.78 is 5.55. The summed E-state index contributed by atoms with van der Waals surface area (Å²) in [4.78, 5) is 22.7. The van der Waals surface area contributed by atoms with Gasteiger partial charge in [0, 0.05) is 30.5 Å². The normalized spacial score (nSPS) is 17.8. The van der Waals surface area contributed by atoms with Crippen LogP contribution in [0.4, 0.5) is 0 Å². The second-order valence-corrected chi connectivity index (χ2v) is 5.71. The first-order chi connectivity index (χ1) is 11.3. The number of likely N-dealkylation sites (tertiary alicyclic amines) is 1. The first kappa shape index (κ1) is 15.5. The average Bonchev–Trinajstić information content (AvgIpc) is 2.62. The van der Waals surface area contributed by atoms with E-state index < -0.39 is 0 Å². The predicted molar refractivity (Wildman–Crippen MR) is 87.5 cm³/mol. The minimum absolute atomic E-state index is 0.110. The number of rotatable bonds is 4. The number of hydrogen-bond donors (Lipinski definition) is 0. The lowest BCUT2D eigenvalue weighted by atomic mass is 9.99. The fraction of sp³-hybridized carbons (Fsp3) is 0.389. The average molecular weight is 311 g/mol. The SMILES string of the molecule is CC[C@@H]1CCCCN1C(=O)c1ccc(Oc2ncccn2)cc1. The highest BCUT2D eigenvalue weighted by Crippen LogP contribution is 2.23. The molecule has 1 aromatic heterocycles. The van der Waals surface area contributed by atoms with Crippen molar-refractivity contribution in [3.05, 3.63) is 48.3 Å². The molecule has 5 heteroatoms. The van der Waals surface area contributed by atoms with E-state index in [0.29, 0.717) is 23.4 Å². The molecule has 0 spiro atoms. The van der Waals surface area contributed by atoms with E-state index in [0.717, 1.165) is 25.8 Å². The number of carbonyl (C=O) groups is 1. The van der Waals surface area contributed by atoms with Gasteiger partial charge in [-0.15, -0.1) is 0 Å². The third kappa shape index (κ3) is 3.67. The molecule has 1 fully saturated rings. The van der Waals surface area contributed by atoms with Crippen molar-refractivity contribution in [2.75, 3.05) is 6.54 Å². The zero-order valence-corrected chi connectivity index (χ0v) is 13.3. The molecule has 120 valence electrons. The van der Waals surface area contributed by atoms with Gasteiger partial charge in [-0.2, -0.15) is 0 Å². The Kier molecular flexibility index (Phi) is 4.86. The van der Waals surface area contributed by atoms with Gasteiger partial charge in [-0.25, -0.2) is 9.97 Å². The quantitative estimate of drug-likeness (QED) is 0.864. The summed E-state index contributed by atoms with van der Waals surface area (Å²) in [5, 5.41) is 0. The Morgan fingerprint density at radius 3 is 2.65 bits per heavy atom. The number of nitrogens with zero attached hydrogens (tertiary/aromatic N) is 3. The summed E-state index contributed by atoms with van der Waals surface area (Å²) in [5.41, 5.74) is 0.701. The van der Waals surface area contributed by atoms with Crippen molar-refractivity contribution >= 4 is 5.91 Å². The molecule has 0 saturated carbocycles. The fourth-order valence-electron chi connectivity index (χ4n) is 2.97. The number of ether oxygens (including phenoxy) is 1. The van der Waals surface area contributed by atoms with E-state index in [1.807, 2.05) is 17.0 Å². The molecular formula is C18H21N3O2. The van der Waals surface area contributed by atoms with Crippen LogP contribution in [0, 0.1) is 0 Å². The zero-order chi connectivity index (χ0) is 16.1. The molecule has 2 heterocycles. The molecule has 0 unspecified atom stereocenters. The van der Waals surface area contributed by atoms with Crippen LogP contribution in [0.15, 0.2) is 42.7 Å². The minimum atomic E-state index is 0.110. The highest BCUT2D eigenvalue weighted by Gasteiger charge is 2.26. The second kappa shape index (κ2) is 7.22. The first-order valence-corrected chi connectivity index (χ1v) is 8.14. The molecule has 3 rings (SSSR count). The maximum absolute atomic E-state index is 12.7. The van der Waals surface area contributed by atoms with Gasteiger partial charge in [0.05, 0.1) is 0 Å². The summed E-state index contributed by atoms with van der Waals surface area (Å²) in [7, 11) is 0. The van der Waals surface area contributed by atoms with Crippen molar-refractivity contribution in [3.8, 4) is 11.8 Å². The molecule has 1 amide bonds. The van der Waals surface area contributed by atoms with Gasteiger partial charge in [-0.05, 0) is 56.0 Å². The van der Waals surface area contributed by atoms with Crippen molar-refractivity contribution in [2.24, 2.45) is 0 Å². The Bertz CT molecular complexity index is 643. The van der Waals surface area contributed by atoms with E-state index in [1.165, 1.54) is 6.42 Å². The van der Waals surface area contributed by atoms with Gasteiger partial charge in [-0.1, -0.05) is 6.92 Å². The Morgan fingerprint density at radius 1 is 1.22 bits per heavy atom. The fourth-order valence-corrected chi connectivity index (χ4v) is 2.97. The van der Waals surface area contributed by atoms with Crippen molar-refractivity contribution in [1.82, 2.24) is 14.9 Å². The molecule has 0 aliphatic carbocycles. The monoisotopic (exact) mass is 311 g/mol. The van der Waals surface area contributed by atoms with Gasteiger partial charge in [0.2, 0.25) is 0 Å². The molecular weight excluding hydrogens is 290 g/mol. The van der Waals surface area contributed by atoms with E-state index in [1.54, 1.807) is 30.6 Å². The van der Waals surface area contributed by atoms with Crippen molar-refractivity contribution in [1.29, 1.82) is 0 Å². The number of carbonyl (C=O) groups excluding carboxylic acids is 1. The molecule has 0 N–H and O–H groups in total. The maximum Gasteiger partial charge on any atom is 0.321 e. The lowest BCUT2D eigenvalue weighted by Crippen LogP contribution is -2.43. The van der Waals surface area contributed by atoms with E-state index in [4.69, 9.17) is 4.74 Å².